The van der Waals surface area contributed by atoms with Crippen molar-refractivity contribution in [1.29, 1.82) is 10.8 Å². The monoisotopic (exact) mass is 314 g/mol. The second-order valence-corrected chi connectivity index (χ2v) is 3.88. The summed E-state index contributed by atoms with van der Waals surface area (Å²) in [7, 11) is 0. The highest BCUT2D eigenvalue weighted by atomic mass is 16.5. The van der Waals surface area contributed by atoms with Crippen LogP contribution in [0.15, 0.2) is 60.7 Å². The van der Waals surface area contributed by atoms with Crippen LogP contribution in [0.3, 0.4) is 0 Å². The number of ether oxygens (including phenoxy) is 2. The van der Waals surface area contributed by atoms with Gasteiger partial charge in [-0.25, -0.2) is 20.4 Å². The van der Waals surface area contributed by atoms with Crippen molar-refractivity contribution in [3.05, 3.63) is 60.7 Å². The quantitative estimate of drug-likeness (QED) is 0.485. The van der Waals surface area contributed by atoms with Crippen LogP contribution in [0.2, 0.25) is 0 Å². The van der Waals surface area contributed by atoms with Crippen LogP contribution in [-0.4, -0.2) is 25.4 Å². The fourth-order valence-electron chi connectivity index (χ4n) is 1.47. The molecule has 0 aromatic heterocycles. The molecular formula is C17H18N2O4. The van der Waals surface area contributed by atoms with Crippen LogP contribution in [-0.2, 0) is 9.59 Å². The van der Waals surface area contributed by atoms with E-state index in [9.17, 15) is 0 Å². The zero-order valence-electron chi connectivity index (χ0n) is 12.5. The smallest absolute Gasteiger partial charge is 0.231 e. The van der Waals surface area contributed by atoms with Gasteiger partial charge in [-0.3, -0.25) is 0 Å². The summed E-state index contributed by atoms with van der Waals surface area (Å²) in [5.41, 5.74) is 0. The van der Waals surface area contributed by atoms with Crippen molar-refractivity contribution in [2.45, 2.75) is 6.42 Å². The Kier molecular flexibility index (Phi) is 13.1. The Balaban J connectivity index is 0.000000704. The number of rotatable bonds is 6. The maximum absolute atomic E-state index is 8.35. The van der Waals surface area contributed by atoms with Crippen molar-refractivity contribution in [3.8, 4) is 11.5 Å². The van der Waals surface area contributed by atoms with E-state index in [1.54, 1.807) is 0 Å². The molecule has 2 aromatic carbocycles. The van der Waals surface area contributed by atoms with Crippen molar-refractivity contribution in [3.63, 3.8) is 0 Å². The first-order valence-corrected chi connectivity index (χ1v) is 6.72. The van der Waals surface area contributed by atoms with Gasteiger partial charge in [0.25, 0.3) is 0 Å². The highest BCUT2D eigenvalue weighted by Crippen LogP contribution is 2.10. The van der Waals surface area contributed by atoms with Crippen LogP contribution in [0, 0.1) is 10.8 Å². The molecule has 0 heterocycles. The largest absolute Gasteiger partial charge is 0.493 e. The average molecular weight is 314 g/mol. The van der Waals surface area contributed by atoms with Crippen LogP contribution in [0.5, 0.6) is 11.5 Å². The van der Waals surface area contributed by atoms with Gasteiger partial charge in [-0.05, 0) is 24.3 Å². The summed E-state index contributed by atoms with van der Waals surface area (Å²) < 4.78 is 11.1. The minimum Gasteiger partial charge on any atom is -0.493 e. The normalized spacial score (nSPS) is 8.00. The molecule has 2 aromatic rings. The Morgan fingerprint density at radius 1 is 0.696 bits per heavy atom. The molecule has 0 unspecified atom stereocenters. The number of isocyanates is 2. The Hall–Kier alpha value is -3.20. The number of para-hydroxylation sites is 2. The standard InChI is InChI=1S/C15H16O2.2CHNO/c1-3-8-14(9-4-1)16-12-7-13-17-15-10-5-2-6-11-15;2*2-1-3/h1-6,8-11H,7,12-13H2;2*2H. The third-order valence-corrected chi connectivity index (χ3v) is 2.31. The van der Waals surface area contributed by atoms with Crippen molar-refractivity contribution >= 4 is 12.2 Å². The van der Waals surface area contributed by atoms with Gasteiger partial charge >= 0.3 is 0 Å². The molecule has 0 aliphatic heterocycles. The first-order chi connectivity index (χ1) is 11.3. The predicted octanol–water partition coefficient (Wildman–Crippen LogP) is 3.34. The van der Waals surface area contributed by atoms with E-state index < -0.39 is 0 Å². The van der Waals surface area contributed by atoms with E-state index in [4.69, 9.17) is 29.9 Å². The van der Waals surface area contributed by atoms with Gasteiger partial charge in [-0.1, -0.05) is 36.4 Å². The molecule has 0 radical (unpaired) electrons. The van der Waals surface area contributed by atoms with E-state index in [1.807, 2.05) is 60.7 Å². The van der Waals surface area contributed by atoms with Gasteiger partial charge in [-0.15, -0.1) is 0 Å². The summed E-state index contributed by atoms with van der Waals surface area (Å²) in [5.74, 6) is 1.82. The number of carbonyl (C=O) groups excluding carboxylic acids is 2. The van der Waals surface area contributed by atoms with E-state index in [0.717, 1.165) is 30.1 Å². The predicted molar refractivity (Wildman–Crippen MR) is 85.3 cm³/mol. The van der Waals surface area contributed by atoms with Crippen molar-refractivity contribution in [2.75, 3.05) is 13.2 Å². The van der Waals surface area contributed by atoms with Gasteiger partial charge in [0, 0.05) is 6.42 Å². The summed E-state index contributed by atoms with van der Waals surface area (Å²) in [6, 6.07) is 19.7. The third kappa shape index (κ3) is 12.3. The van der Waals surface area contributed by atoms with Gasteiger partial charge in [0.05, 0.1) is 13.2 Å². The average Bonchev–Trinajstić information content (AvgIpc) is 2.58. The van der Waals surface area contributed by atoms with E-state index >= 15 is 0 Å². The van der Waals surface area contributed by atoms with Crippen molar-refractivity contribution in [1.82, 2.24) is 0 Å². The number of benzene rings is 2. The van der Waals surface area contributed by atoms with Crippen molar-refractivity contribution < 1.29 is 19.1 Å². The molecule has 120 valence electrons. The third-order valence-electron chi connectivity index (χ3n) is 2.31. The lowest BCUT2D eigenvalue weighted by Crippen LogP contribution is -2.04. The summed E-state index contributed by atoms with van der Waals surface area (Å²) in [6.45, 7) is 1.35. The summed E-state index contributed by atoms with van der Waals surface area (Å²) in [4.78, 5) is 16.7. The number of nitrogens with one attached hydrogen (secondary N) is 2. The first kappa shape index (κ1) is 19.8. The summed E-state index contributed by atoms with van der Waals surface area (Å²) in [6.07, 6.45) is 2.38. The molecule has 0 amide bonds. The minimum atomic E-state index is 0.677. The van der Waals surface area contributed by atoms with Crippen LogP contribution in [0.1, 0.15) is 6.42 Å². The van der Waals surface area contributed by atoms with Crippen LogP contribution in [0.25, 0.3) is 0 Å². The molecule has 23 heavy (non-hydrogen) atoms. The molecule has 0 saturated heterocycles. The van der Waals surface area contributed by atoms with Gasteiger partial charge in [0.15, 0.2) is 0 Å². The number of hydrogen-bond acceptors (Lipinski definition) is 6. The van der Waals surface area contributed by atoms with E-state index in [0.29, 0.717) is 13.2 Å². The molecule has 6 heteroatoms. The molecule has 6 nitrogen and oxygen atoms in total. The minimum absolute atomic E-state index is 0.677. The van der Waals surface area contributed by atoms with Gasteiger partial charge in [0.2, 0.25) is 12.2 Å². The highest BCUT2D eigenvalue weighted by Gasteiger charge is 1.93. The fraction of sp³-hybridized carbons (Fsp3) is 0.176. The molecule has 0 fully saturated rings. The summed E-state index contributed by atoms with van der Waals surface area (Å²) in [5, 5.41) is 10.8. The molecule has 0 aliphatic rings. The Morgan fingerprint density at radius 2 is 1.00 bits per heavy atom. The second-order valence-electron chi connectivity index (χ2n) is 3.88. The highest BCUT2D eigenvalue weighted by molar-refractivity contribution is 5.26. The van der Waals surface area contributed by atoms with Gasteiger partial charge in [-0.2, -0.15) is 0 Å². The molecule has 0 atom stereocenters. The lowest BCUT2D eigenvalue weighted by Gasteiger charge is -2.07. The van der Waals surface area contributed by atoms with Crippen LogP contribution in [0.4, 0.5) is 0 Å². The maximum Gasteiger partial charge on any atom is 0.231 e. The van der Waals surface area contributed by atoms with E-state index in [-0.39, 0.29) is 0 Å². The van der Waals surface area contributed by atoms with E-state index in [2.05, 4.69) is 0 Å². The maximum atomic E-state index is 8.35. The lowest BCUT2D eigenvalue weighted by atomic mass is 10.3. The zero-order chi connectivity index (χ0) is 17.2. The molecule has 0 aliphatic carbocycles. The second kappa shape index (κ2) is 15.2. The van der Waals surface area contributed by atoms with Crippen LogP contribution >= 0.6 is 0 Å². The SMILES string of the molecule is N=C=O.N=C=O.c1ccc(OCCCOc2ccccc2)cc1. The summed E-state index contributed by atoms with van der Waals surface area (Å²) >= 11 is 0. The fourth-order valence-corrected chi connectivity index (χ4v) is 1.47. The molecule has 0 bridgehead atoms. The van der Waals surface area contributed by atoms with Gasteiger partial charge in [0.1, 0.15) is 11.5 Å². The van der Waals surface area contributed by atoms with Crippen LogP contribution < -0.4 is 9.47 Å². The Bertz CT molecular complexity index is 523. The molecular weight excluding hydrogens is 296 g/mol. The Morgan fingerprint density at radius 3 is 1.30 bits per heavy atom. The van der Waals surface area contributed by atoms with Crippen molar-refractivity contribution in [2.24, 2.45) is 0 Å². The number of hydrogen-bond donors (Lipinski definition) is 2. The lowest BCUT2D eigenvalue weighted by molar-refractivity contribution is 0.247. The van der Waals surface area contributed by atoms with Gasteiger partial charge < -0.3 is 9.47 Å². The molecule has 2 rings (SSSR count). The zero-order valence-corrected chi connectivity index (χ0v) is 12.5. The topological polar surface area (TPSA) is 100 Å². The molecule has 2 N–H and O–H groups in total. The molecule has 0 spiro atoms. The molecule has 0 saturated carbocycles. The Labute approximate surface area is 134 Å². The first-order valence-electron chi connectivity index (χ1n) is 6.72. The van der Waals surface area contributed by atoms with E-state index in [1.165, 1.54) is 0 Å².